The Morgan fingerprint density at radius 1 is 1.62 bits per heavy atom. The van der Waals surface area contributed by atoms with Crippen LogP contribution in [0.5, 0.6) is 0 Å². The highest BCUT2D eigenvalue weighted by molar-refractivity contribution is 5.17. The predicted molar refractivity (Wildman–Crippen MR) is 52.5 cm³/mol. The minimum Gasteiger partial charge on any atom is -0.323 e. The van der Waals surface area contributed by atoms with Crippen LogP contribution < -0.4 is 5.73 Å². The van der Waals surface area contributed by atoms with Gasteiger partial charge in [-0.2, -0.15) is 5.10 Å². The van der Waals surface area contributed by atoms with Crippen molar-refractivity contribution < 1.29 is 0 Å². The maximum Gasteiger partial charge on any atom is 0.0653 e. The molecule has 0 unspecified atom stereocenters. The second-order valence-electron chi connectivity index (χ2n) is 4.12. The van der Waals surface area contributed by atoms with Crippen LogP contribution in [0.3, 0.4) is 0 Å². The quantitative estimate of drug-likeness (QED) is 0.714. The van der Waals surface area contributed by atoms with Gasteiger partial charge in [-0.05, 0) is 24.8 Å². The summed E-state index contributed by atoms with van der Waals surface area (Å²) in [5, 5.41) is 4.54. The number of aromatic nitrogens is 2. The molecule has 0 aliphatic carbocycles. The lowest BCUT2D eigenvalue weighted by Crippen LogP contribution is -2.21. The maximum atomic E-state index is 6.00. The van der Waals surface area contributed by atoms with E-state index in [0.717, 1.165) is 19.4 Å². The van der Waals surface area contributed by atoms with Crippen LogP contribution in [-0.4, -0.2) is 9.78 Å². The topological polar surface area (TPSA) is 43.8 Å². The fourth-order valence-electron chi connectivity index (χ4n) is 1.82. The first kappa shape index (κ1) is 8.75. The predicted octanol–water partition coefficient (Wildman–Crippen LogP) is 1.80. The first-order valence-electron chi connectivity index (χ1n) is 5.01. The Labute approximate surface area is 78.9 Å². The molecule has 0 spiro atoms. The molecule has 2 N–H and O–H groups in total. The Morgan fingerprint density at radius 3 is 3.00 bits per heavy atom. The van der Waals surface area contributed by atoms with Crippen LogP contribution in [0, 0.1) is 0 Å². The van der Waals surface area contributed by atoms with Gasteiger partial charge in [-0.25, -0.2) is 0 Å². The third-order valence-electron chi connectivity index (χ3n) is 2.69. The second-order valence-corrected chi connectivity index (χ2v) is 4.12. The highest BCUT2D eigenvalue weighted by atomic mass is 15.3. The summed E-state index contributed by atoms with van der Waals surface area (Å²) in [4.78, 5) is 0. The Hall–Kier alpha value is -0.830. The Bertz CT molecular complexity index is 301. The van der Waals surface area contributed by atoms with Gasteiger partial charge in [0.15, 0.2) is 0 Å². The molecule has 0 fully saturated rings. The summed E-state index contributed by atoms with van der Waals surface area (Å²) < 4.78 is 2.07. The number of nitrogens with zero attached hydrogens (tertiary/aromatic N) is 2. The van der Waals surface area contributed by atoms with Gasteiger partial charge in [0.1, 0.15) is 0 Å². The van der Waals surface area contributed by atoms with Crippen LogP contribution >= 0.6 is 0 Å². The van der Waals surface area contributed by atoms with Crippen LogP contribution in [0.2, 0.25) is 0 Å². The fraction of sp³-hybridized carbons (Fsp3) is 0.700. The number of rotatable bonds is 1. The highest BCUT2D eigenvalue weighted by Gasteiger charge is 2.19. The van der Waals surface area contributed by atoms with E-state index in [9.17, 15) is 0 Å². The van der Waals surface area contributed by atoms with E-state index in [1.165, 1.54) is 11.4 Å². The SMILES string of the molecule is CC(C)c1cc2n(n1)CCC[C@H]2N. The molecule has 72 valence electrons. The normalized spacial score (nSPS) is 22.0. The highest BCUT2D eigenvalue weighted by Crippen LogP contribution is 2.25. The molecular weight excluding hydrogens is 162 g/mol. The van der Waals surface area contributed by atoms with Crippen molar-refractivity contribution >= 4 is 0 Å². The summed E-state index contributed by atoms with van der Waals surface area (Å²) in [6.07, 6.45) is 2.26. The van der Waals surface area contributed by atoms with E-state index < -0.39 is 0 Å². The molecule has 1 aliphatic rings. The average molecular weight is 179 g/mol. The minimum atomic E-state index is 0.203. The summed E-state index contributed by atoms with van der Waals surface area (Å²) in [6.45, 7) is 5.37. The van der Waals surface area contributed by atoms with Crippen LogP contribution in [0.1, 0.15) is 50.0 Å². The van der Waals surface area contributed by atoms with E-state index in [0.29, 0.717) is 5.92 Å². The monoisotopic (exact) mass is 179 g/mol. The summed E-state index contributed by atoms with van der Waals surface area (Å²) in [5.74, 6) is 0.505. The molecule has 2 rings (SSSR count). The van der Waals surface area contributed by atoms with Crippen molar-refractivity contribution in [3.63, 3.8) is 0 Å². The van der Waals surface area contributed by atoms with Crippen molar-refractivity contribution in [3.8, 4) is 0 Å². The molecule has 3 nitrogen and oxygen atoms in total. The van der Waals surface area contributed by atoms with Gasteiger partial charge in [0, 0.05) is 12.6 Å². The van der Waals surface area contributed by atoms with Gasteiger partial charge in [0.25, 0.3) is 0 Å². The lowest BCUT2D eigenvalue weighted by Gasteiger charge is -2.19. The molecule has 0 saturated heterocycles. The molecule has 0 bridgehead atoms. The van der Waals surface area contributed by atoms with Crippen molar-refractivity contribution in [1.82, 2.24) is 9.78 Å². The van der Waals surface area contributed by atoms with E-state index in [1.54, 1.807) is 0 Å². The zero-order valence-corrected chi connectivity index (χ0v) is 8.33. The van der Waals surface area contributed by atoms with E-state index in [-0.39, 0.29) is 6.04 Å². The summed E-state index contributed by atoms with van der Waals surface area (Å²) in [7, 11) is 0. The van der Waals surface area contributed by atoms with Crippen molar-refractivity contribution in [1.29, 1.82) is 0 Å². The number of fused-ring (bicyclic) bond motifs is 1. The van der Waals surface area contributed by atoms with E-state index >= 15 is 0 Å². The minimum absolute atomic E-state index is 0.203. The summed E-state index contributed by atoms with van der Waals surface area (Å²) in [5.41, 5.74) is 8.39. The van der Waals surface area contributed by atoms with Crippen LogP contribution in [0.4, 0.5) is 0 Å². The first-order valence-corrected chi connectivity index (χ1v) is 5.01. The smallest absolute Gasteiger partial charge is 0.0653 e. The van der Waals surface area contributed by atoms with Crippen molar-refractivity contribution in [3.05, 3.63) is 17.5 Å². The maximum absolute atomic E-state index is 6.00. The molecular formula is C10H17N3. The standard InChI is InChI=1S/C10H17N3/c1-7(2)9-6-10-8(11)4-3-5-13(10)12-9/h6-8H,3-5,11H2,1-2H3/t8-/m1/s1. The Kier molecular flexibility index (Phi) is 2.12. The molecule has 2 heterocycles. The lowest BCUT2D eigenvalue weighted by molar-refractivity contribution is 0.428. The number of hydrogen-bond donors (Lipinski definition) is 1. The van der Waals surface area contributed by atoms with Gasteiger partial charge in [0.05, 0.1) is 11.4 Å². The lowest BCUT2D eigenvalue weighted by atomic mass is 10.0. The van der Waals surface area contributed by atoms with Gasteiger partial charge in [0.2, 0.25) is 0 Å². The zero-order valence-electron chi connectivity index (χ0n) is 8.33. The van der Waals surface area contributed by atoms with E-state index in [2.05, 4.69) is 29.7 Å². The average Bonchev–Trinajstić information content (AvgIpc) is 2.49. The van der Waals surface area contributed by atoms with Crippen molar-refractivity contribution in [2.75, 3.05) is 0 Å². The van der Waals surface area contributed by atoms with Crippen molar-refractivity contribution in [2.45, 2.75) is 45.2 Å². The van der Waals surface area contributed by atoms with Gasteiger partial charge in [-0.15, -0.1) is 0 Å². The summed E-state index contributed by atoms with van der Waals surface area (Å²) >= 11 is 0. The Balaban J connectivity index is 2.36. The molecule has 1 aliphatic heterocycles. The van der Waals surface area contributed by atoms with Gasteiger partial charge < -0.3 is 5.73 Å². The number of hydrogen-bond acceptors (Lipinski definition) is 2. The van der Waals surface area contributed by atoms with Gasteiger partial charge in [-0.1, -0.05) is 13.8 Å². The van der Waals surface area contributed by atoms with Crippen molar-refractivity contribution in [2.24, 2.45) is 5.73 Å². The van der Waals surface area contributed by atoms with Crippen LogP contribution in [0.15, 0.2) is 6.07 Å². The Morgan fingerprint density at radius 2 is 2.38 bits per heavy atom. The van der Waals surface area contributed by atoms with Gasteiger partial charge in [-0.3, -0.25) is 4.68 Å². The molecule has 0 saturated carbocycles. The molecule has 1 atom stereocenters. The largest absolute Gasteiger partial charge is 0.323 e. The molecule has 0 amide bonds. The van der Waals surface area contributed by atoms with Crippen LogP contribution in [-0.2, 0) is 6.54 Å². The first-order chi connectivity index (χ1) is 6.18. The fourth-order valence-corrected chi connectivity index (χ4v) is 1.82. The second kappa shape index (κ2) is 3.14. The molecule has 13 heavy (non-hydrogen) atoms. The molecule has 3 heteroatoms. The van der Waals surface area contributed by atoms with E-state index in [4.69, 9.17) is 5.73 Å². The number of nitrogens with two attached hydrogens (primary N) is 1. The van der Waals surface area contributed by atoms with Gasteiger partial charge >= 0.3 is 0 Å². The molecule has 1 aromatic rings. The molecule has 1 aromatic heterocycles. The van der Waals surface area contributed by atoms with E-state index in [1.807, 2.05) is 0 Å². The third kappa shape index (κ3) is 1.48. The third-order valence-corrected chi connectivity index (χ3v) is 2.69. The summed E-state index contributed by atoms with van der Waals surface area (Å²) in [6, 6.07) is 2.36. The number of aryl methyl sites for hydroxylation is 1. The molecule has 0 aromatic carbocycles. The molecule has 0 radical (unpaired) electrons. The van der Waals surface area contributed by atoms with Crippen LogP contribution in [0.25, 0.3) is 0 Å². The zero-order chi connectivity index (χ0) is 9.42.